The van der Waals surface area contributed by atoms with E-state index in [4.69, 9.17) is 0 Å². The minimum absolute atomic E-state index is 0.222. The second-order valence-electron chi connectivity index (χ2n) is 5.43. The van der Waals surface area contributed by atoms with Gasteiger partial charge < -0.3 is 0 Å². The smallest absolute Gasteiger partial charge is 0.123 e. The van der Waals surface area contributed by atoms with E-state index >= 15 is 0 Å². The Morgan fingerprint density at radius 1 is 1.21 bits per heavy atom. The van der Waals surface area contributed by atoms with Crippen LogP contribution in [-0.4, -0.2) is 4.98 Å². The highest BCUT2D eigenvalue weighted by Crippen LogP contribution is 2.51. The van der Waals surface area contributed by atoms with E-state index in [0.717, 1.165) is 29.1 Å². The van der Waals surface area contributed by atoms with Crippen molar-refractivity contribution >= 4 is 11.3 Å². The van der Waals surface area contributed by atoms with Gasteiger partial charge in [-0.15, -0.1) is 11.3 Å². The largest absolute Gasteiger partial charge is 0.241 e. The number of nitrogens with zero attached hydrogens (tertiary/aromatic N) is 2. The Hall–Kier alpha value is -1.66. The molecule has 96 valence electrons. The van der Waals surface area contributed by atoms with Crippen LogP contribution in [0.4, 0.5) is 0 Å². The molecule has 3 rings (SSSR count). The van der Waals surface area contributed by atoms with Gasteiger partial charge >= 0.3 is 0 Å². The molecule has 1 heterocycles. The van der Waals surface area contributed by atoms with Crippen LogP contribution in [0, 0.1) is 32.1 Å². The first kappa shape index (κ1) is 12.4. The maximum atomic E-state index is 9.32. The van der Waals surface area contributed by atoms with Crippen LogP contribution in [0.25, 0.3) is 10.6 Å². The van der Waals surface area contributed by atoms with Crippen molar-refractivity contribution in [2.24, 2.45) is 0 Å². The normalized spacial score (nSPS) is 16.1. The Labute approximate surface area is 117 Å². The second-order valence-corrected chi connectivity index (χ2v) is 6.43. The first-order valence-electron chi connectivity index (χ1n) is 6.52. The lowest BCUT2D eigenvalue weighted by molar-refractivity contribution is 0.914. The van der Waals surface area contributed by atoms with Crippen molar-refractivity contribution < 1.29 is 0 Å². The van der Waals surface area contributed by atoms with E-state index in [9.17, 15) is 5.26 Å². The minimum Gasteiger partial charge on any atom is -0.241 e. The molecule has 2 aromatic rings. The highest BCUT2D eigenvalue weighted by molar-refractivity contribution is 7.15. The van der Waals surface area contributed by atoms with Crippen LogP contribution in [0.3, 0.4) is 0 Å². The Kier molecular flexibility index (Phi) is 2.72. The number of hydrogen-bond acceptors (Lipinski definition) is 3. The van der Waals surface area contributed by atoms with Crippen LogP contribution in [0.2, 0.25) is 0 Å². The van der Waals surface area contributed by atoms with Crippen molar-refractivity contribution in [1.29, 1.82) is 5.26 Å². The molecule has 1 aliphatic rings. The molecule has 1 saturated carbocycles. The fourth-order valence-electron chi connectivity index (χ4n) is 2.35. The molecule has 0 radical (unpaired) electrons. The molecule has 0 N–H and O–H groups in total. The summed E-state index contributed by atoms with van der Waals surface area (Å²) in [7, 11) is 0. The standard InChI is InChI=1S/C16H16N2S/c1-10-4-5-13(8-11(10)2)15-18-12(3)14(19-15)16(9-17)6-7-16/h4-5,8H,6-7H2,1-3H3. The molecular weight excluding hydrogens is 252 g/mol. The molecule has 1 aliphatic carbocycles. The minimum atomic E-state index is -0.222. The summed E-state index contributed by atoms with van der Waals surface area (Å²) in [6, 6.07) is 8.91. The first-order chi connectivity index (χ1) is 9.05. The fourth-order valence-corrected chi connectivity index (χ4v) is 3.61. The molecule has 1 aromatic heterocycles. The van der Waals surface area contributed by atoms with E-state index in [1.54, 1.807) is 11.3 Å². The third kappa shape index (κ3) is 1.97. The Bertz CT molecular complexity index is 687. The van der Waals surface area contributed by atoms with Gasteiger partial charge in [0.25, 0.3) is 0 Å². The summed E-state index contributed by atoms with van der Waals surface area (Å²) in [4.78, 5) is 5.84. The zero-order valence-electron chi connectivity index (χ0n) is 11.4. The van der Waals surface area contributed by atoms with Crippen molar-refractivity contribution in [1.82, 2.24) is 4.98 Å². The number of aromatic nitrogens is 1. The highest BCUT2D eigenvalue weighted by atomic mass is 32.1. The zero-order valence-corrected chi connectivity index (χ0v) is 12.3. The summed E-state index contributed by atoms with van der Waals surface area (Å²) in [5.74, 6) is 0. The van der Waals surface area contributed by atoms with Gasteiger partial charge in [-0.05, 0) is 50.8 Å². The molecule has 1 aromatic carbocycles. The van der Waals surface area contributed by atoms with E-state index in [1.165, 1.54) is 16.0 Å². The molecule has 2 nitrogen and oxygen atoms in total. The number of hydrogen-bond donors (Lipinski definition) is 0. The number of nitriles is 1. The zero-order chi connectivity index (χ0) is 13.6. The summed E-state index contributed by atoms with van der Waals surface area (Å²) < 4.78 is 0. The first-order valence-corrected chi connectivity index (χ1v) is 7.34. The van der Waals surface area contributed by atoms with Gasteiger partial charge in [-0.2, -0.15) is 5.26 Å². The third-order valence-corrected chi connectivity index (χ3v) is 5.36. The molecule has 0 aliphatic heterocycles. The number of benzene rings is 1. The van der Waals surface area contributed by atoms with Gasteiger partial charge in [0.2, 0.25) is 0 Å². The van der Waals surface area contributed by atoms with E-state index in [2.05, 4.69) is 43.1 Å². The molecule has 3 heteroatoms. The summed E-state index contributed by atoms with van der Waals surface area (Å²) in [5.41, 5.74) is 4.55. The van der Waals surface area contributed by atoms with Crippen LogP contribution in [0.5, 0.6) is 0 Å². The van der Waals surface area contributed by atoms with Gasteiger partial charge in [-0.3, -0.25) is 0 Å². The molecule has 0 spiro atoms. The lowest BCUT2D eigenvalue weighted by Gasteiger charge is -2.02. The topological polar surface area (TPSA) is 36.7 Å². The SMILES string of the molecule is Cc1ccc(-c2nc(C)c(C3(C#N)CC3)s2)cc1C. The molecule has 1 fully saturated rings. The second kappa shape index (κ2) is 4.18. The number of rotatable bonds is 2. The summed E-state index contributed by atoms with van der Waals surface area (Å²) >= 11 is 1.69. The number of aryl methyl sites for hydroxylation is 3. The van der Waals surface area contributed by atoms with Gasteiger partial charge in [0.1, 0.15) is 5.01 Å². The van der Waals surface area contributed by atoms with Gasteiger partial charge in [0.15, 0.2) is 0 Å². The molecular formula is C16H16N2S. The number of thiazole rings is 1. The maximum absolute atomic E-state index is 9.32. The average Bonchev–Trinajstić information content (AvgIpc) is 3.10. The van der Waals surface area contributed by atoms with Crippen molar-refractivity contribution in [2.75, 3.05) is 0 Å². The Morgan fingerprint density at radius 3 is 2.53 bits per heavy atom. The van der Waals surface area contributed by atoms with Crippen LogP contribution in [-0.2, 0) is 5.41 Å². The van der Waals surface area contributed by atoms with E-state index < -0.39 is 0 Å². The van der Waals surface area contributed by atoms with Gasteiger partial charge in [0, 0.05) is 10.4 Å². The Morgan fingerprint density at radius 2 is 1.95 bits per heavy atom. The monoisotopic (exact) mass is 268 g/mol. The third-order valence-electron chi connectivity index (χ3n) is 3.95. The molecule has 0 saturated heterocycles. The molecule has 0 amide bonds. The highest BCUT2D eigenvalue weighted by Gasteiger charge is 2.47. The Balaban J connectivity index is 2.05. The molecule has 0 bridgehead atoms. The predicted octanol–water partition coefficient (Wildman–Crippen LogP) is 4.29. The van der Waals surface area contributed by atoms with Crippen molar-refractivity contribution in [2.45, 2.75) is 39.0 Å². The summed E-state index contributed by atoms with van der Waals surface area (Å²) in [6.07, 6.45) is 1.97. The van der Waals surface area contributed by atoms with Crippen LogP contribution in [0.15, 0.2) is 18.2 Å². The summed E-state index contributed by atoms with van der Waals surface area (Å²) in [6.45, 7) is 6.26. The van der Waals surface area contributed by atoms with E-state index in [-0.39, 0.29) is 5.41 Å². The molecule has 19 heavy (non-hydrogen) atoms. The van der Waals surface area contributed by atoms with Gasteiger partial charge in [0.05, 0.1) is 17.2 Å². The van der Waals surface area contributed by atoms with Crippen molar-refractivity contribution in [3.8, 4) is 16.6 Å². The van der Waals surface area contributed by atoms with Crippen molar-refractivity contribution in [3.63, 3.8) is 0 Å². The molecule has 0 atom stereocenters. The van der Waals surface area contributed by atoms with E-state index in [1.807, 2.05) is 6.92 Å². The molecule has 0 unspecified atom stereocenters. The predicted molar refractivity (Wildman–Crippen MR) is 78.3 cm³/mol. The maximum Gasteiger partial charge on any atom is 0.123 e. The fraction of sp³-hybridized carbons (Fsp3) is 0.375. The lowest BCUT2D eigenvalue weighted by atomic mass is 10.1. The van der Waals surface area contributed by atoms with Crippen LogP contribution >= 0.6 is 11.3 Å². The van der Waals surface area contributed by atoms with Crippen molar-refractivity contribution in [3.05, 3.63) is 39.9 Å². The van der Waals surface area contributed by atoms with E-state index in [0.29, 0.717) is 0 Å². The summed E-state index contributed by atoms with van der Waals surface area (Å²) in [5, 5.41) is 10.4. The average molecular weight is 268 g/mol. The van der Waals surface area contributed by atoms with Crippen LogP contribution < -0.4 is 0 Å². The van der Waals surface area contributed by atoms with Crippen LogP contribution in [0.1, 0.15) is 34.5 Å². The van der Waals surface area contributed by atoms with Gasteiger partial charge in [-0.25, -0.2) is 4.98 Å². The lowest BCUT2D eigenvalue weighted by Crippen LogP contribution is -2.01. The van der Waals surface area contributed by atoms with Gasteiger partial charge in [-0.1, -0.05) is 12.1 Å². The quantitative estimate of drug-likeness (QED) is 0.814.